The van der Waals surface area contributed by atoms with Crippen LogP contribution in [0.4, 0.5) is 17.6 Å². The highest BCUT2D eigenvalue weighted by molar-refractivity contribution is 6.32. The van der Waals surface area contributed by atoms with Crippen LogP contribution < -0.4 is 20.5 Å². The van der Waals surface area contributed by atoms with Gasteiger partial charge in [0.15, 0.2) is 11.5 Å². The van der Waals surface area contributed by atoms with E-state index >= 15 is 8.78 Å². The molecule has 21 heteroatoms. The molecular formula is C54H66Cl4F4N4O9. The molecule has 0 bridgehead atoms. The molecular weight excluding hydrogens is 1070 g/mol. The first kappa shape index (κ1) is 62.7. The maximum absolute atomic E-state index is 15.2. The van der Waals surface area contributed by atoms with Gasteiger partial charge in [0.1, 0.15) is 28.8 Å². The van der Waals surface area contributed by atoms with Crippen LogP contribution in [-0.2, 0) is 21.4 Å². The van der Waals surface area contributed by atoms with Crippen LogP contribution in [0.1, 0.15) is 103 Å². The number of benzene rings is 4. The van der Waals surface area contributed by atoms with E-state index < -0.39 is 53.5 Å². The average Bonchev–Trinajstić information content (AvgIpc) is 4.18. The van der Waals surface area contributed by atoms with Crippen molar-refractivity contribution in [2.75, 3.05) is 39.3 Å². The largest absolute Gasteiger partial charge is 0.489 e. The minimum atomic E-state index is -4.04. The maximum atomic E-state index is 15.2. The van der Waals surface area contributed by atoms with Gasteiger partial charge >= 0.3 is 17.8 Å². The summed E-state index contributed by atoms with van der Waals surface area (Å²) in [6.45, 7) is 12.2. The van der Waals surface area contributed by atoms with Crippen molar-refractivity contribution in [3.8, 4) is 11.5 Å². The molecule has 2 aromatic heterocycles. The molecule has 2 aliphatic rings. The van der Waals surface area contributed by atoms with Crippen molar-refractivity contribution in [3.05, 3.63) is 128 Å². The van der Waals surface area contributed by atoms with E-state index in [9.17, 15) is 28.6 Å². The Kier molecular flexibility index (Phi) is 23.0. The molecule has 412 valence electrons. The number of carboxylic acids is 1. The van der Waals surface area contributed by atoms with Crippen LogP contribution in [0.15, 0.2) is 93.8 Å². The van der Waals surface area contributed by atoms with Gasteiger partial charge in [0.2, 0.25) is 0 Å². The number of aliphatic hydroxyl groups is 2. The monoisotopic (exact) mass is 1130 g/mol. The fourth-order valence-electron chi connectivity index (χ4n) is 8.23. The number of nitrogens with one attached hydrogen (secondary N) is 1. The lowest BCUT2D eigenvalue weighted by molar-refractivity contribution is -0.168. The zero-order valence-corrected chi connectivity index (χ0v) is 43.4. The van der Waals surface area contributed by atoms with E-state index in [0.717, 1.165) is 56.7 Å². The van der Waals surface area contributed by atoms with Crippen molar-refractivity contribution in [2.24, 2.45) is 5.73 Å². The second kappa shape index (κ2) is 27.5. The summed E-state index contributed by atoms with van der Waals surface area (Å²) in [5, 5.41) is 34.4. The SMILES string of the molecule is C.C.CC(C)Oc1ccc(C(O)[C@H](N)CN2CCCC2)cc1Cl.CC(C)Oc1ccc([C@@H](O)[C@@H](CN2CCCC2)NC(=O)C(F)(F)c2cc3cc(Cl)ccc3o2)cc1Cl.O=C(O)C(F)(F)c1cc2cc(Cl)ccc2o1. The van der Waals surface area contributed by atoms with Gasteiger partial charge in [0.05, 0.1) is 34.4 Å². The van der Waals surface area contributed by atoms with Crippen molar-refractivity contribution >= 4 is 80.2 Å². The number of hydrogen-bond donors (Lipinski definition) is 5. The molecule has 2 saturated heterocycles. The quantitative estimate of drug-likeness (QED) is 0.0546. The summed E-state index contributed by atoms with van der Waals surface area (Å²) in [5.74, 6) is -12.5. The smallest absolute Gasteiger partial charge is 0.399 e. The first-order chi connectivity index (χ1) is 34.4. The Morgan fingerprint density at radius 3 is 1.47 bits per heavy atom. The maximum Gasteiger partial charge on any atom is 0.399 e. The Morgan fingerprint density at radius 1 is 0.640 bits per heavy atom. The Balaban J connectivity index is 0.000000265. The van der Waals surface area contributed by atoms with Crippen LogP contribution in [-0.4, -0.2) is 101 Å². The van der Waals surface area contributed by atoms with Crippen molar-refractivity contribution in [1.82, 2.24) is 15.1 Å². The summed E-state index contributed by atoms with van der Waals surface area (Å²) in [7, 11) is 0. The highest BCUT2D eigenvalue weighted by Gasteiger charge is 2.47. The number of ether oxygens (including phenoxy) is 2. The predicted octanol–water partition coefficient (Wildman–Crippen LogP) is 13.1. The Labute approximate surface area is 454 Å². The summed E-state index contributed by atoms with van der Waals surface area (Å²) in [4.78, 5) is 27.5. The van der Waals surface area contributed by atoms with Gasteiger partial charge < -0.3 is 54.5 Å². The molecule has 0 radical (unpaired) electrons. The molecule has 2 fully saturated rings. The van der Waals surface area contributed by atoms with E-state index in [1.807, 2.05) is 38.7 Å². The number of alkyl halides is 4. The number of likely N-dealkylation sites (tertiary alicyclic amines) is 2. The van der Waals surface area contributed by atoms with Crippen LogP contribution in [0, 0.1) is 0 Å². The van der Waals surface area contributed by atoms with Gasteiger partial charge in [-0.1, -0.05) is 73.4 Å². The van der Waals surface area contributed by atoms with Gasteiger partial charge in [0, 0.05) is 39.9 Å². The van der Waals surface area contributed by atoms with Gasteiger partial charge in [0.25, 0.3) is 5.91 Å². The molecule has 1 amide bonds. The molecule has 0 spiro atoms. The first-order valence-electron chi connectivity index (χ1n) is 23.6. The molecule has 1 unspecified atom stereocenters. The molecule has 75 heavy (non-hydrogen) atoms. The number of carbonyl (C=O) groups excluding carboxylic acids is 1. The standard InChI is InChI=1S/C26H28Cl2F2N2O4.C16H25ClN2O2.C10H5ClF2O3.2CH4/c1-15(2)35-22-7-5-16(12-19(22)28)24(33)20(14-32-9-3-4-10-32)31-25(34)26(29,30)23-13-17-11-18(27)6-8-21(17)36-23;1-11(2)21-15-6-5-12(9-13(15)17)16(20)14(18)10-19-7-3-4-8-19;11-6-1-2-7-5(3-6)4-8(16-7)10(12,13)9(14)15;;/h5-8,11-13,15,20,24,33H,3-4,9-10,14H2,1-2H3,(H,31,34);5-6,9,11,14,16,20H,3-4,7-8,10,18H2,1-2H3;1-4H,(H,14,15);2*1H4/t20-,24-;14-,16?;;;/m11.../s1. The molecule has 6 aromatic rings. The van der Waals surface area contributed by atoms with Gasteiger partial charge in [-0.15, -0.1) is 0 Å². The molecule has 13 nitrogen and oxygen atoms in total. The number of aliphatic hydroxyl groups excluding tert-OH is 2. The van der Waals surface area contributed by atoms with E-state index in [0.29, 0.717) is 49.4 Å². The third-order valence-electron chi connectivity index (χ3n) is 11.9. The summed E-state index contributed by atoms with van der Waals surface area (Å²) in [6.07, 6.45) is 2.32. The highest BCUT2D eigenvalue weighted by atomic mass is 35.5. The number of nitrogens with zero attached hydrogens (tertiary/aromatic N) is 2. The fraction of sp³-hybridized carbons (Fsp3) is 0.444. The van der Waals surface area contributed by atoms with Crippen LogP contribution in [0.3, 0.4) is 0 Å². The van der Waals surface area contributed by atoms with Gasteiger partial charge in [-0.05, 0) is 163 Å². The molecule has 4 aromatic carbocycles. The van der Waals surface area contributed by atoms with E-state index in [-0.39, 0.29) is 55.8 Å². The third-order valence-corrected chi connectivity index (χ3v) is 12.9. The number of rotatable bonds is 17. The van der Waals surface area contributed by atoms with E-state index in [1.54, 1.807) is 24.3 Å². The van der Waals surface area contributed by atoms with Crippen molar-refractivity contribution in [1.29, 1.82) is 0 Å². The van der Waals surface area contributed by atoms with Crippen molar-refractivity contribution < 1.29 is 60.8 Å². The number of hydrogen-bond acceptors (Lipinski definition) is 11. The summed E-state index contributed by atoms with van der Waals surface area (Å²) >= 11 is 24.1. The predicted molar refractivity (Wildman–Crippen MR) is 287 cm³/mol. The molecule has 6 N–H and O–H groups in total. The van der Waals surface area contributed by atoms with E-state index in [1.165, 1.54) is 55.3 Å². The lowest BCUT2D eigenvalue weighted by Gasteiger charge is -2.30. The van der Waals surface area contributed by atoms with Crippen LogP contribution in [0.25, 0.3) is 21.9 Å². The lowest BCUT2D eigenvalue weighted by atomic mass is 10.0. The number of carbonyl (C=O) groups is 2. The van der Waals surface area contributed by atoms with Gasteiger partial charge in [-0.3, -0.25) is 4.79 Å². The van der Waals surface area contributed by atoms with Crippen LogP contribution >= 0.6 is 46.4 Å². The number of amides is 1. The number of halogens is 8. The van der Waals surface area contributed by atoms with Crippen molar-refractivity contribution in [3.63, 3.8) is 0 Å². The fourth-order valence-corrected chi connectivity index (χ4v) is 9.05. The second-order valence-corrected chi connectivity index (χ2v) is 20.1. The Hall–Kier alpha value is -4.82. The Bertz CT molecular complexity index is 2820. The van der Waals surface area contributed by atoms with Gasteiger partial charge in [-0.2, -0.15) is 17.6 Å². The topological polar surface area (TPSA) is 184 Å². The molecule has 0 aliphatic carbocycles. The first-order valence-corrected chi connectivity index (χ1v) is 25.1. The van der Waals surface area contributed by atoms with Crippen LogP contribution in [0.2, 0.25) is 20.1 Å². The molecule has 8 rings (SSSR count). The molecule has 4 atom stereocenters. The minimum Gasteiger partial charge on any atom is -0.489 e. The van der Waals surface area contributed by atoms with Crippen molar-refractivity contribution in [2.45, 2.75) is 117 Å². The van der Waals surface area contributed by atoms with E-state index in [4.69, 9.17) is 75.6 Å². The van der Waals surface area contributed by atoms with Gasteiger partial charge in [-0.25, -0.2) is 4.79 Å². The summed E-state index contributed by atoms with van der Waals surface area (Å²) < 4.78 is 77.8. The third kappa shape index (κ3) is 16.6. The zero-order valence-electron chi connectivity index (χ0n) is 40.4. The zero-order chi connectivity index (χ0) is 53.4. The normalized spacial score (nSPS) is 15.7. The highest BCUT2D eigenvalue weighted by Crippen LogP contribution is 2.37. The minimum absolute atomic E-state index is 0. The number of nitrogens with two attached hydrogens (primary N) is 1. The number of fused-ring (bicyclic) bond motifs is 2. The summed E-state index contributed by atoms with van der Waals surface area (Å²) in [6, 6.07) is 19.6. The number of aliphatic carboxylic acids is 1. The average molecular weight is 1130 g/mol. The number of carboxylic acid groups (broad SMARTS) is 1. The summed E-state index contributed by atoms with van der Waals surface area (Å²) in [5.41, 5.74) is 7.60. The Morgan fingerprint density at radius 2 is 1.05 bits per heavy atom. The molecule has 0 saturated carbocycles. The second-order valence-electron chi connectivity index (χ2n) is 18.4. The van der Waals surface area contributed by atoms with Crippen LogP contribution in [0.5, 0.6) is 11.5 Å². The molecule has 4 heterocycles. The van der Waals surface area contributed by atoms with E-state index in [2.05, 4.69) is 10.2 Å². The lowest BCUT2D eigenvalue weighted by Crippen LogP contribution is -2.50. The molecule has 2 aliphatic heterocycles. The number of furan rings is 2.